The third-order valence-corrected chi connectivity index (χ3v) is 5.85. The Bertz CT molecular complexity index is 1020. The van der Waals surface area contributed by atoms with Crippen molar-refractivity contribution in [1.82, 2.24) is 9.88 Å². The van der Waals surface area contributed by atoms with Gasteiger partial charge in [-0.1, -0.05) is 18.6 Å². The number of nitriles is 1. The highest BCUT2D eigenvalue weighted by Gasteiger charge is 2.33. The van der Waals surface area contributed by atoms with Crippen molar-refractivity contribution in [3.63, 3.8) is 0 Å². The van der Waals surface area contributed by atoms with Crippen LogP contribution in [0.25, 0.3) is 11.1 Å². The van der Waals surface area contributed by atoms with E-state index < -0.39 is 5.97 Å². The molecule has 1 fully saturated rings. The number of methoxy groups -OCH3 is 1. The van der Waals surface area contributed by atoms with Gasteiger partial charge in [0.2, 0.25) is 5.91 Å². The van der Waals surface area contributed by atoms with Gasteiger partial charge in [0.25, 0.3) is 0 Å². The molecule has 4 rings (SSSR count). The number of pyridine rings is 1. The summed E-state index contributed by atoms with van der Waals surface area (Å²) in [5.74, 6) is 0.0726. The first kappa shape index (κ1) is 18.9. The number of nitrogens with zero attached hydrogens (tertiary/aromatic N) is 3. The maximum atomic E-state index is 12.8. The quantitative estimate of drug-likeness (QED) is 0.807. The molecule has 0 unspecified atom stereocenters. The molecule has 1 aliphatic heterocycles. The van der Waals surface area contributed by atoms with Gasteiger partial charge < -0.3 is 15.4 Å². The number of benzene rings is 1. The number of amides is 1. The molecule has 0 bridgehead atoms. The van der Waals surface area contributed by atoms with Crippen molar-refractivity contribution in [2.24, 2.45) is 5.92 Å². The van der Waals surface area contributed by atoms with Crippen LogP contribution in [-0.4, -0.2) is 35.4 Å². The van der Waals surface area contributed by atoms with Gasteiger partial charge in [0.15, 0.2) is 0 Å². The maximum absolute atomic E-state index is 12.8. The second-order valence-electron chi connectivity index (χ2n) is 7.49. The number of nitrogen functional groups attached to an aromatic ring is 1. The van der Waals surface area contributed by atoms with Gasteiger partial charge in [0.05, 0.1) is 18.4 Å². The number of hydrogen-bond acceptors (Lipinski definition) is 6. The lowest BCUT2D eigenvalue weighted by molar-refractivity contribution is -0.139. The highest BCUT2D eigenvalue weighted by Crippen LogP contribution is 2.37. The summed E-state index contributed by atoms with van der Waals surface area (Å²) in [5.41, 5.74) is 9.94. The smallest absolute Gasteiger partial charge is 0.337 e. The molecular weight excluding hydrogens is 368 g/mol. The number of fused-ring (bicyclic) bond motifs is 1. The van der Waals surface area contributed by atoms with E-state index in [1.165, 1.54) is 7.11 Å². The minimum atomic E-state index is -0.425. The molecule has 2 aliphatic rings. The molecule has 2 heterocycles. The Morgan fingerprint density at radius 1 is 1.28 bits per heavy atom. The number of ether oxygens (including phenoxy) is 1. The zero-order valence-corrected chi connectivity index (χ0v) is 16.3. The summed E-state index contributed by atoms with van der Waals surface area (Å²) in [6, 6.07) is 9.03. The fourth-order valence-electron chi connectivity index (χ4n) is 4.00. The van der Waals surface area contributed by atoms with Crippen LogP contribution < -0.4 is 5.73 Å². The average Bonchev–Trinajstić information content (AvgIpc) is 2.70. The van der Waals surface area contributed by atoms with Gasteiger partial charge in [-0.25, -0.2) is 9.78 Å². The number of carbonyl (C=O) groups is 2. The SMILES string of the molecule is COC(=O)c1ccc(-c2c(C#N)c(N)nc3c2CN(C(=O)C2CCC2)CC3)cc1. The largest absolute Gasteiger partial charge is 0.465 e. The zero-order chi connectivity index (χ0) is 20.5. The van der Waals surface area contributed by atoms with Gasteiger partial charge >= 0.3 is 5.97 Å². The number of carbonyl (C=O) groups excluding carboxylic acids is 2. The standard InChI is InChI=1S/C22H22N4O3/c1-29-22(28)15-7-5-13(6-8-15)19-16(11-23)20(24)25-18-9-10-26(12-17(18)19)21(27)14-3-2-4-14/h5-8,14H,2-4,9-10,12H2,1H3,(H2,24,25). The Hall–Kier alpha value is -3.40. The maximum Gasteiger partial charge on any atom is 0.337 e. The molecule has 0 saturated heterocycles. The minimum absolute atomic E-state index is 0.122. The predicted molar refractivity (Wildman–Crippen MR) is 107 cm³/mol. The highest BCUT2D eigenvalue weighted by molar-refractivity contribution is 5.90. The Balaban J connectivity index is 1.77. The average molecular weight is 390 g/mol. The molecule has 2 aromatic rings. The molecule has 1 saturated carbocycles. The second-order valence-corrected chi connectivity index (χ2v) is 7.49. The van der Waals surface area contributed by atoms with Crippen molar-refractivity contribution >= 4 is 17.7 Å². The Morgan fingerprint density at radius 2 is 2.00 bits per heavy atom. The van der Waals surface area contributed by atoms with Gasteiger partial charge in [-0.2, -0.15) is 5.26 Å². The lowest BCUT2D eigenvalue weighted by atomic mass is 9.83. The molecule has 7 heteroatoms. The fourth-order valence-corrected chi connectivity index (χ4v) is 4.00. The molecular formula is C22H22N4O3. The van der Waals surface area contributed by atoms with Crippen molar-refractivity contribution in [2.75, 3.05) is 19.4 Å². The lowest BCUT2D eigenvalue weighted by Crippen LogP contribution is -2.42. The van der Waals surface area contributed by atoms with Crippen molar-refractivity contribution in [3.05, 3.63) is 46.6 Å². The monoisotopic (exact) mass is 390 g/mol. The van der Waals surface area contributed by atoms with E-state index in [1.54, 1.807) is 24.3 Å². The van der Waals surface area contributed by atoms with E-state index in [-0.39, 0.29) is 17.6 Å². The van der Waals surface area contributed by atoms with Gasteiger partial charge in [0.1, 0.15) is 17.5 Å². The summed E-state index contributed by atoms with van der Waals surface area (Å²) in [5, 5.41) is 9.73. The van der Waals surface area contributed by atoms with Crippen LogP contribution >= 0.6 is 0 Å². The normalized spacial score (nSPS) is 15.8. The van der Waals surface area contributed by atoms with E-state index in [2.05, 4.69) is 11.1 Å². The molecule has 0 radical (unpaired) electrons. The van der Waals surface area contributed by atoms with E-state index in [4.69, 9.17) is 10.5 Å². The number of esters is 1. The summed E-state index contributed by atoms with van der Waals surface area (Å²) < 4.78 is 4.75. The van der Waals surface area contributed by atoms with E-state index >= 15 is 0 Å². The number of anilines is 1. The topological polar surface area (TPSA) is 109 Å². The molecule has 148 valence electrons. The predicted octanol–water partition coefficient (Wildman–Crippen LogP) is 2.67. The van der Waals surface area contributed by atoms with Crippen LogP contribution in [0.2, 0.25) is 0 Å². The van der Waals surface area contributed by atoms with Crippen molar-refractivity contribution in [3.8, 4) is 17.2 Å². The van der Waals surface area contributed by atoms with Crippen LogP contribution in [0.15, 0.2) is 24.3 Å². The first-order valence-electron chi connectivity index (χ1n) is 9.72. The second kappa shape index (κ2) is 7.55. The molecule has 0 atom stereocenters. The molecule has 7 nitrogen and oxygen atoms in total. The Morgan fingerprint density at radius 3 is 2.59 bits per heavy atom. The Labute approximate surface area is 169 Å². The minimum Gasteiger partial charge on any atom is -0.465 e. The van der Waals surface area contributed by atoms with Gasteiger partial charge in [-0.3, -0.25) is 4.79 Å². The van der Waals surface area contributed by atoms with Crippen LogP contribution in [0, 0.1) is 17.2 Å². The summed E-state index contributed by atoms with van der Waals surface area (Å²) in [7, 11) is 1.33. The molecule has 1 aromatic carbocycles. The van der Waals surface area contributed by atoms with E-state index in [1.807, 2.05) is 4.90 Å². The van der Waals surface area contributed by atoms with E-state index in [9.17, 15) is 14.9 Å². The van der Waals surface area contributed by atoms with Crippen molar-refractivity contribution in [1.29, 1.82) is 5.26 Å². The van der Waals surface area contributed by atoms with Crippen LogP contribution in [0.3, 0.4) is 0 Å². The lowest BCUT2D eigenvalue weighted by Gasteiger charge is -2.35. The number of hydrogen-bond donors (Lipinski definition) is 1. The summed E-state index contributed by atoms with van der Waals surface area (Å²) >= 11 is 0. The molecule has 1 aliphatic carbocycles. The molecule has 1 amide bonds. The number of rotatable bonds is 3. The molecule has 0 spiro atoms. The Kier molecular flexibility index (Phi) is 4.93. The first-order valence-corrected chi connectivity index (χ1v) is 9.72. The molecule has 1 aromatic heterocycles. The van der Waals surface area contributed by atoms with Gasteiger partial charge in [0, 0.05) is 36.6 Å². The van der Waals surface area contributed by atoms with Crippen LogP contribution in [0.5, 0.6) is 0 Å². The summed E-state index contributed by atoms with van der Waals surface area (Å²) in [6.45, 7) is 1.03. The first-order chi connectivity index (χ1) is 14.0. The van der Waals surface area contributed by atoms with E-state index in [0.717, 1.165) is 36.1 Å². The summed E-state index contributed by atoms with van der Waals surface area (Å²) in [4.78, 5) is 30.8. The third kappa shape index (κ3) is 3.31. The molecule has 29 heavy (non-hydrogen) atoms. The zero-order valence-electron chi connectivity index (χ0n) is 16.3. The van der Waals surface area contributed by atoms with Crippen LogP contribution in [-0.2, 0) is 22.5 Å². The highest BCUT2D eigenvalue weighted by atomic mass is 16.5. The van der Waals surface area contributed by atoms with Crippen molar-refractivity contribution < 1.29 is 14.3 Å². The number of nitrogens with two attached hydrogens (primary N) is 1. The van der Waals surface area contributed by atoms with E-state index in [0.29, 0.717) is 36.2 Å². The van der Waals surface area contributed by atoms with Crippen LogP contribution in [0.4, 0.5) is 5.82 Å². The fraction of sp³-hybridized carbons (Fsp3) is 0.364. The van der Waals surface area contributed by atoms with Crippen molar-refractivity contribution in [2.45, 2.75) is 32.2 Å². The molecule has 2 N–H and O–H groups in total. The third-order valence-electron chi connectivity index (χ3n) is 5.85. The summed E-state index contributed by atoms with van der Waals surface area (Å²) in [6.07, 6.45) is 3.62. The number of aromatic nitrogens is 1. The van der Waals surface area contributed by atoms with Gasteiger partial charge in [-0.05, 0) is 30.5 Å². The van der Waals surface area contributed by atoms with Crippen LogP contribution in [0.1, 0.15) is 46.4 Å². The van der Waals surface area contributed by atoms with Gasteiger partial charge in [-0.15, -0.1) is 0 Å².